The molecule has 186 valence electrons. The fraction of sp³-hybridized carbons (Fsp3) is 0.520. The van der Waals surface area contributed by atoms with Crippen LogP contribution in [0, 0.1) is 0 Å². The Morgan fingerprint density at radius 2 is 1.94 bits per heavy atom. The van der Waals surface area contributed by atoms with Gasteiger partial charge in [-0.3, -0.25) is 9.59 Å². The first-order valence-corrected chi connectivity index (χ1v) is 13.4. The van der Waals surface area contributed by atoms with Crippen molar-refractivity contribution in [3.8, 4) is 0 Å². The number of anilines is 2. The summed E-state index contributed by atoms with van der Waals surface area (Å²) in [4.78, 5) is 39.0. The monoisotopic (exact) mass is 497 g/mol. The van der Waals surface area contributed by atoms with Gasteiger partial charge in [0.2, 0.25) is 16.8 Å². The first-order chi connectivity index (χ1) is 16.9. The maximum atomic E-state index is 12.9. The molecule has 0 spiro atoms. The number of methoxy groups -OCH3 is 1. The minimum atomic E-state index is -1.14. The van der Waals surface area contributed by atoms with Gasteiger partial charge in [0.05, 0.1) is 12.5 Å². The highest BCUT2D eigenvalue weighted by Crippen LogP contribution is 2.39. The quantitative estimate of drug-likeness (QED) is 0.493. The van der Waals surface area contributed by atoms with Gasteiger partial charge in [0, 0.05) is 45.6 Å². The first-order valence-electron chi connectivity index (χ1n) is 12.1. The average molecular weight is 498 g/mol. The first kappa shape index (κ1) is 23.9. The van der Waals surface area contributed by atoms with Gasteiger partial charge in [0.15, 0.2) is 5.82 Å². The number of ether oxygens (including phenoxy) is 1. The number of likely N-dealkylation sites (tertiary alicyclic amines) is 1. The number of benzene rings is 1. The highest BCUT2D eigenvalue weighted by molar-refractivity contribution is 7.91. The van der Waals surface area contributed by atoms with Crippen LogP contribution < -0.4 is 10.2 Å². The molecule has 4 heterocycles. The molecule has 0 saturated carbocycles. The number of carbonyl (C=O) groups is 2. The van der Waals surface area contributed by atoms with Crippen LogP contribution >= 0.6 is 0 Å². The van der Waals surface area contributed by atoms with Gasteiger partial charge in [0.25, 0.3) is 0 Å². The predicted octanol–water partition coefficient (Wildman–Crippen LogP) is 1.88. The molecule has 2 aromatic rings. The van der Waals surface area contributed by atoms with Gasteiger partial charge in [-0.15, -0.1) is 0 Å². The maximum Gasteiger partial charge on any atom is 0.316 e. The number of aromatic nitrogens is 2. The van der Waals surface area contributed by atoms with E-state index in [2.05, 4.69) is 10.2 Å². The molecule has 0 aliphatic carbocycles. The highest BCUT2D eigenvalue weighted by atomic mass is 32.2. The predicted molar refractivity (Wildman–Crippen MR) is 133 cm³/mol. The fourth-order valence-corrected chi connectivity index (χ4v) is 6.71. The number of amides is 1. The second-order valence-electron chi connectivity index (χ2n) is 9.53. The van der Waals surface area contributed by atoms with E-state index in [9.17, 15) is 14.1 Å². The number of nitrogens with zero attached hydrogens (tertiary/aromatic N) is 4. The van der Waals surface area contributed by atoms with Crippen LogP contribution in [0.25, 0.3) is 0 Å². The lowest BCUT2D eigenvalue weighted by Gasteiger charge is -2.40. The number of esters is 1. The molecule has 1 unspecified atom stereocenters. The number of piperidine rings is 2. The Morgan fingerprint density at radius 1 is 1.20 bits per heavy atom. The van der Waals surface area contributed by atoms with Crippen molar-refractivity contribution < 1.29 is 18.9 Å². The molecule has 1 aromatic heterocycles. The summed E-state index contributed by atoms with van der Waals surface area (Å²) in [6.07, 6.45) is 3.03. The number of hydrogen-bond acceptors (Lipinski definition) is 8. The van der Waals surface area contributed by atoms with Crippen molar-refractivity contribution in [3.05, 3.63) is 41.6 Å². The third kappa shape index (κ3) is 4.45. The van der Waals surface area contributed by atoms with Gasteiger partial charge in [0.1, 0.15) is 11.4 Å². The van der Waals surface area contributed by atoms with Crippen molar-refractivity contribution >= 4 is 34.8 Å². The number of fused-ring (bicyclic) bond motifs is 1. The number of aryl methyl sites for hydroxylation is 1. The van der Waals surface area contributed by atoms with Crippen molar-refractivity contribution in [2.45, 2.75) is 48.5 Å². The van der Waals surface area contributed by atoms with E-state index in [0.29, 0.717) is 74.2 Å². The summed E-state index contributed by atoms with van der Waals surface area (Å²) in [7, 11) is 3.25. The smallest absolute Gasteiger partial charge is 0.316 e. The Labute approximate surface area is 208 Å². The van der Waals surface area contributed by atoms with Gasteiger partial charge >= 0.3 is 5.97 Å². The molecule has 0 radical (unpaired) electrons. The van der Waals surface area contributed by atoms with Gasteiger partial charge in [-0.25, -0.2) is 4.98 Å². The topological polar surface area (TPSA) is 111 Å². The Morgan fingerprint density at radius 3 is 2.63 bits per heavy atom. The lowest BCUT2D eigenvalue weighted by atomic mass is 9.73. The van der Waals surface area contributed by atoms with Gasteiger partial charge in [-0.1, -0.05) is 30.3 Å². The van der Waals surface area contributed by atoms with Gasteiger partial charge in [-0.05, 0) is 36.0 Å². The lowest BCUT2D eigenvalue weighted by Crippen LogP contribution is -2.48. The van der Waals surface area contributed by atoms with Gasteiger partial charge < -0.3 is 24.4 Å². The van der Waals surface area contributed by atoms with Crippen LogP contribution in [0.3, 0.4) is 0 Å². The maximum absolute atomic E-state index is 12.9. The van der Waals surface area contributed by atoms with Crippen molar-refractivity contribution in [2.24, 2.45) is 0 Å². The van der Waals surface area contributed by atoms with Crippen LogP contribution in [-0.2, 0) is 37.3 Å². The van der Waals surface area contributed by atoms with Crippen LogP contribution in [0.2, 0.25) is 0 Å². The van der Waals surface area contributed by atoms with E-state index in [4.69, 9.17) is 14.7 Å². The van der Waals surface area contributed by atoms with E-state index in [1.807, 2.05) is 30.3 Å². The largest absolute Gasteiger partial charge is 0.611 e. The molecular weight excluding hydrogens is 466 g/mol. The summed E-state index contributed by atoms with van der Waals surface area (Å²) in [5.41, 5.74) is 1.10. The summed E-state index contributed by atoms with van der Waals surface area (Å²) in [5, 5.41) is 3.47. The molecule has 2 atom stereocenters. The summed E-state index contributed by atoms with van der Waals surface area (Å²) >= 11 is -1.14. The van der Waals surface area contributed by atoms with Crippen LogP contribution in [0.4, 0.5) is 11.8 Å². The summed E-state index contributed by atoms with van der Waals surface area (Å²) in [6, 6.07) is 9.87. The molecule has 3 aliphatic rings. The zero-order valence-corrected chi connectivity index (χ0v) is 21.0. The Bertz CT molecular complexity index is 1110. The second-order valence-corrected chi connectivity index (χ2v) is 11.0. The van der Waals surface area contributed by atoms with Crippen LogP contribution in [0.15, 0.2) is 35.2 Å². The molecule has 2 fully saturated rings. The Kier molecular flexibility index (Phi) is 6.59. The van der Waals surface area contributed by atoms with Gasteiger partial charge in [-0.2, -0.15) is 4.98 Å². The molecule has 3 aliphatic heterocycles. The second kappa shape index (κ2) is 9.66. The fourth-order valence-electron chi connectivity index (χ4n) is 5.40. The molecule has 9 nitrogen and oxygen atoms in total. The summed E-state index contributed by atoms with van der Waals surface area (Å²) in [5.74, 6) is 1.68. The van der Waals surface area contributed by atoms with E-state index < -0.39 is 16.6 Å². The molecule has 1 amide bonds. The summed E-state index contributed by atoms with van der Waals surface area (Å²) in [6.45, 7) is 1.79. The molecule has 1 aromatic carbocycles. The van der Waals surface area contributed by atoms with Crippen molar-refractivity contribution in [2.75, 3.05) is 49.8 Å². The molecule has 35 heavy (non-hydrogen) atoms. The third-order valence-corrected chi connectivity index (χ3v) is 8.90. The molecule has 0 bridgehead atoms. The minimum absolute atomic E-state index is 0.0496. The number of nitrogens with one attached hydrogen (secondary N) is 1. The van der Waals surface area contributed by atoms with E-state index in [1.54, 1.807) is 11.9 Å². The van der Waals surface area contributed by atoms with Crippen molar-refractivity contribution in [1.29, 1.82) is 0 Å². The van der Waals surface area contributed by atoms with Crippen molar-refractivity contribution in [1.82, 2.24) is 14.9 Å². The molecular formula is C25H31N5O4S. The Balaban J connectivity index is 1.39. The van der Waals surface area contributed by atoms with E-state index in [1.165, 1.54) is 7.11 Å². The SMILES string of the molecule is COC(=O)C1(c2ccccc2)CCN(c2nc3c(c(N[C@H]4CCC(=O)N(C)C4)n2)[S+]([O-])CC3)CC1. The molecule has 1 N–H and O–H groups in total. The van der Waals surface area contributed by atoms with Crippen LogP contribution in [0.5, 0.6) is 0 Å². The zero-order chi connectivity index (χ0) is 24.6. The molecule has 2 saturated heterocycles. The number of rotatable bonds is 5. The van der Waals surface area contributed by atoms with E-state index in [0.717, 1.165) is 11.3 Å². The van der Waals surface area contributed by atoms with Crippen LogP contribution in [0.1, 0.15) is 36.9 Å². The molecule has 10 heteroatoms. The lowest BCUT2D eigenvalue weighted by molar-refractivity contribution is -0.148. The van der Waals surface area contributed by atoms with E-state index >= 15 is 0 Å². The molecule has 5 rings (SSSR count). The average Bonchev–Trinajstić information content (AvgIpc) is 3.27. The normalized spacial score (nSPS) is 23.7. The standard InChI is InChI=1S/C25H31N5O4S/c1-29-16-18(8-9-20(29)31)26-22-21-19(10-15-35(21)33)27-24(28-22)30-13-11-25(12-14-30,23(32)34-2)17-6-4-3-5-7-17/h3-7,18H,8-16H2,1-2H3,(H,26,27,28)/t18-,35?/m0/s1. The number of hydrogen-bond donors (Lipinski definition) is 1. The highest BCUT2D eigenvalue weighted by Gasteiger charge is 2.45. The van der Waals surface area contributed by atoms with Crippen LogP contribution in [-0.4, -0.2) is 76.9 Å². The Hall–Kier alpha value is -2.85. The van der Waals surface area contributed by atoms with E-state index in [-0.39, 0.29) is 17.9 Å². The van der Waals surface area contributed by atoms with Crippen molar-refractivity contribution in [3.63, 3.8) is 0 Å². The zero-order valence-electron chi connectivity index (χ0n) is 20.2. The number of likely N-dealkylation sites (N-methyl/N-ethyl adjacent to an activating group) is 1. The minimum Gasteiger partial charge on any atom is -0.611 e. The number of carbonyl (C=O) groups excluding carboxylic acids is 2. The summed E-state index contributed by atoms with van der Waals surface area (Å²) < 4.78 is 18.0. The third-order valence-electron chi connectivity index (χ3n) is 7.45.